The zero-order valence-electron chi connectivity index (χ0n) is 17.3. The lowest BCUT2D eigenvalue weighted by atomic mass is 10.1. The van der Waals surface area contributed by atoms with Crippen molar-refractivity contribution in [2.24, 2.45) is 0 Å². The molecule has 0 spiro atoms. The van der Waals surface area contributed by atoms with Gasteiger partial charge in [-0.2, -0.15) is 0 Å². The monoisotopic (exact) mass is 398 g/mol. The summed E-state index contributed by atoms with van der Waals surface area (Å²) in [6.07, 6.45) is 7.54. The zero-order chi connectivity index (χ0) is 21.1. The number of ether oxygens (including phenoxy) is 2. The van der Waals surface area contributed by atoms with Crippen LogP contribution in [0.3, 0.4) is 0 Å². The van der Waals surface area contributed by atoms with Crippen LogP contribution in [0.25, 0.3) is 0 Å². The highest BCUT2D eigenvalue weighted by Crippen LogP contribution is 2.25. The summed E-state index contributed by atoms with van der Waals surface area (Å²) in [7, 11) is 0. The van der Waals surface area contributed by atoms with Crippen LogP contribution in [0.15, 0.2) is 42.5 Å². The molecule has 0 aliphatic carbocycles. The molecule has 0 aliphatic heterocycles. The number of hydrogen-bond acceptors (Lipinski definition) is 5. The van der Waals surface area contributed by atoms with Gasteiger partial charge in [0.2, 0.25) is 0 Å². The Morgan fingerprint density at radius 2 is 1.52 bits per heavy atom. The molecule has 1 N–H and O–H groups in total. The SMILES string of the molecule is CCCCCCCCOc1ccc(C(=O)Oc2ccc(C(=O)CC)c(O)c2)cc1. The predicted molar refractivity (Wildman–Crippen MR) is 113 cm³/mol. The number of rotatable bonds is 12. The van der Waals surface area contributed by atoms with Crippen LogP contribution in [0.5, 0.6) is 17.2 Å². The predicted octanol–water partition coefficient (Wildman–Crippen LogP) is 5.94. The van der Waals surface area contributed by atoms with E-state index in [1.165, 1.54) is 50.3 Å². The van der Waals surface area contributed by atoms with Gasteiger partial charge in [0, 0.05) is 12.5 Å². The van der Waals surface area contributed by atoms with E-state index in [1.807, 2.05) is 0 Å². The van der Waals surface area contributed by atoms with E-state index in [2.05, 4.69) is 6.92 Å². The molecule has 0 fully saturated rings. The Kier molecular flexibility index (Phi) is 9.22. The number of unbranched alkanes of at least 4 members (excludes halogenated alkanes) is 5. The second-order valence-corrected chi connectivity index (χ2v) is 6.99. The number of carbonyl (C=O) groups is 2. The molecule has 0 aromatic heterocycles. The number of carbonyl (C=O) groups excluding carboxylic acids is 2. The van der Waals surface area contributed by atoms with E-state index in [4.69, 9.17) is 9.47 Å². The second kappa shape index (κ2) is 11.9. The number of Topliss-reactive ketones (excluding diaryl/α,β-unsaturated/α-hetero) is 1. The molecular formula is C24H30O5. The van der Waals surface area contributed by atoms with Crippen LogP contribution in [0.4, 0.5) is 0 Å². The Hall–Kier alpha value is -2.82. The molecule has 29 heavy (non-hydrogen) atoms. The van der Waals surface area contributed by atoms with Crippen molar-refractivity contribution in [3.8, 4) is 17.2 Å². The fraction of sp³-hybridized carbons (Fsp3) is 0.417. The van der Waals surface area contributed by atoms with E-state index >= 15 is 0 Å². The first kappa shape index (κ1) is 22.5. The van der Waals surface area contributed by atoms with Gasteiger partial charge in [-0.1, -0.05) is 46.0 Å². The smallest absolute Gasteiger partial charge is 0.343 e. The van der Waals surface area contributed by atoms with Gasteiger partial charge in [0.05, 0.1) is 17.7 Å². The fourth-order valence-corrected chi connectivity index (χ4v) is 2.93. The summed E-state index contributed by atoms with van der Waals surface area (Å²) in [4.78, 5) is 24.0. The third-order valence-corrected chi connectivity index (χ3v) is 4.66. The largest absolute Gasteiger partial charge is 0.507 e. The molecular weight excluding hydrogens is 368 g/mol. The summed E-state index contributed by atoms with van der Waals surface area (Å²) in [6.45, 7) is 4.59. The van der Waals surface area contributed by atoms with Crippen molar-refractivity contribution >= 4 is 11.8 Å². The van der Waals surface area contributed by atoms with E-state index in [0.29, 0.717) is 18.6 Å². The maximum atomic E-state index is 12.3. The Balaban J connectivity index is 1.83. The fourth-order valence-electron chi connectivity index (χ4n) is 2.93. The molecule has 0 amide bonds. The number of ketones is 1. The van der Waals surface area contributed by atoms with Crippen molar-refractivity contribution in [2.45, 2.75) is 58.8 Å². The summed E-state index contributed by atoms with van der Waals surface area (Å²) < 4.78 is 11.0. The normalized spacial score (nSPS) is 10.6. The minimum absolute atomic E-state index is 0.170. The Labute approximate surface area is 172 Å². The lowest BCUT2D eigenvalue weighted by molar-refractivity contribution is 0.0734. The molecule has 2 rings (SSSR count). The summed E-state index contributed by atoms with van der Waals surface area (Å²) in [6, 6.07) is 11.0. The summed E-state index contributed by atoms with van der Waals surface area (Å²) in [5.41, 5.74) is 0.601. The van der Waals surface area contributed by atoms with Crippen LogP contribution in [0.2, 0.25) is 0 Å². The van der Waals surface area contributed by atoms with Crippen LogP contribution in [-0.2, 0) is 0 Å². The van der Waals surface area contributed by atoms with E-state index in [9.17, 15) is 14.7 Å². The average Bonchev–Trinajstić information content (AvgIpc) is 2.73. The van der Waals surface area contributed by atoms with Gasteiger partial charge in [-0.15, -0.1) is 0 Å². The van der Waals surface area contributed by atoms with Gasteiger partial charge in [0.25, 0.3) is 0 Å². The molecule has 0 atom stereocenters. The van der Waals surface area contributed by atoms with Gasteiger partial charge in [0.15, 0.2) is 5.78 Å². The molecule has 5 nitrogen and oxygen atoms in total. The topological polar surface area (TPSA) is 72.8 Å². The summed E-state index contributed by atoms with van der Waals surface area (Å²) in [5, 5.41) is 9.95. The van der Waals surface area contributed by atoms with Crippen molar-refractivity contribution in [1.82, 2.24) is 0 Å². The maximum Gasteiger partial charge on any atom is 0.343 e. The van der Waals surface area contributed by atoms with Crippen LogP contribution in [0, 0.1) is 0 Å². The zero-order valence-corrected chi connectivity index (χ0v) is 17.3. The Bertz CT molecular complexity index is 795. The number of hydrogen-bond donors (Lipinski definition) is 1. The summed E-state index contributed by atoms with van der Waals surface area (Å²) in [5.74, 6) is -0.00213. The van der Waals surface area contributed by atoms with Gasteiger partial charge >= 0.3 is 5.97 Å². The van der Waals surface area contributed by atoms with Gasteiger partial charge in [-0.25, -0.2) is 4.79 Å². The average molecular weight is 398 g/mol. The molecule has 156 valence electrons. The molecule has 0 heterocycles. The van der Waals surface area contributed by atoms with Gasteiger partial charge in [-0.3, -0.25) is 4.79 Å². The molecule has 0 bridgehead atoms. The lowest BCUT2D eigenvalue weighted by Gasteiger charge is -2.09. The molecule has 5 heteroatoms. The third-order valence-electron chi connectivity index (χ3n) is 4.66. The minimum atomic E-state index is -0.540. The van der Waals surface area contributed by atoms with Crippen molar-refractivity contribution in [3.63, 3.8) is 0 Å². The second-order valence-electron chi connectivity index (χ2n) is 6.99. The molecule has 0 saturated heterocycles. The molecule has 0 aliphatic rings. The van der Waals surface area contributed by atoms with E-state index in [0.717, 1.165) is 12.2 Å². The van der Waals surface area contributed by atoms with E-state index < -0.39 is 5.97 Å². The third kappa shape index (κ3) is 7.26. The molecule has 0 unspecified atom stereocenters. The van der Waals surface area contributed by atoms with Gasteiger partial charge in [-0.05, 0) is 42.8 Å². The minimum Gasteiger partial charge on any atom is -0.507 e. The number of aromatic hydroxyl groups is 1. The molecule has 0 radical (unpaired) electrons. The maximum absolute atomic E-state index is 12.3. The quantitative estimate of drug-likeness (QED) is 0.207. The van der Waals surface area contributed by atoms with Gasteiger partial charge < -0.3 is 14.6 Å². The first-order valence-electron chi connectivity index (χ1n) is 10.4. The number of phenolic OH excluding ortho intramolecular Hbond substituents is 1. The number of esters is 1. The van der Waals surface area contributed by atoms with Gasteiger partial charge in [0.1, 0.15) is 17.2 Å². The Morgan fingerprint density at radius 3 is 2.17 bits per heavy atom. The number of phenols is 1. The first-order valence-corrected chi connectivity index (χ1v) is 10.4. The van der Waals surface area contributed by atoms with Crippen molar-refractivity contribution in [2.75, 3.05) is 6.61 Å². The van der Waals surface area contributed by atoms with Crippen LogP contribution >= 0.6 is 0 Å². The molecule has 0 saturated carbocycles. The van der Waals surface area contributed by atoms with Crippen LogP contribution < -0.4 is 9.47 Å². The number of benzene rings is 2. The highest BCUT2D eigenvalue weighted by molar-refractivity contribution is 5.98. The Morgan fingerprint density at radius 1 is 0.862 bits per heavy atom. The molecule has 2 aromatic rings. The van der Waals surface area contributed by atoms with Crippen molar-refractivity contribution in [3.05, 3.63) is 53.6 Å². The summed E-state index contributed by atoms with van der Waals surface area (Å²) >= 11 is 0. The van der Waals surface area contributed by atoms with Crippen molar-refractivity contribution in [1.29, 1.82) is 0 Å². The highest BCUT2D eigenvalue weighted by Gasteiger charge is 2.13. The molecule has 2 aromatic carbocycles. The van der Waals surface area contributed by atoms with Crippen LogP contribution in [0.1, 0.15) is 79.5 Å². The highest BCUT2D eigenvalue weighted by atomic mass is 16.5. The lowest BCUT2D eigenvalue weighted by Crippen LogP contribution is -2.09. The van der Waals surface area contributed by atoms with Crippen LogP contribution in [-0.4, -0.2) is 23.5 Å². The van der Waals surface area contributed by atoms with Crippen molar-refractivity contribution < 1.29 is 24.2 Å². The standard InChI is InChI=1S/C24H30O5/c1-3-5-6-7-8-9-16-28-19-12-10-18(11-13-19)24(27)29-20-14-15-21(22(25)4-2)23(26)17-20/h10-15,17,26H,3-9,16H2,1-2H3. The van der Waals surface area contributed by atoms with E-state index in [1.54, 1.807) is 31.2 Å². The van der Waals surface area contributed by atoms with E-state index in [-0.39, 0.29) is 22.8 Å². The first-order chi connectivity index (χ1) is 14.0.